The fourth-order valence-electron chi connectivity index (χ4n) is 2.81. The lowest BCUT2D eigenvalue weighted by molar-refractivity contribution is 0.548. The monoisotopic (exact) mass is 302 g/mol. The second-order valence-electron chi connectivity index (χ2n) is 5.09. The summed E-state index contributed by atoms with van der Waals surface area (Å²) in [6, 6.07) is 11.0. The molecule has 0 aliphatic carbocycles. The van der Waals surface area contributed by atoms with Gasteiger partial charge in [0.15, 0.2) is 4.77 Å². The number of imidazole rings is 1. The molecule has 0 amide bonds. The summed E-state index contributed by atoms with van der Waals surface area (Å²) in [5.74, 6) is 0. The normalized spacial score (nSPS) is 12.9. The van der Waals surface area contributed by atoms with Crippen molar-refractivity contribution in [2.24, 2.45) is 0 Å². The average molecular weight is 302 g/mol. The molecule has 0 aliphatic rings. The third kappa shape index (κ3) is 2.23. The van der Waals surface area contributed by atoms with Gasteiger partial charge < -0.3 is 9.55 Å². The van der Waals surface area contributed by atoms with E-state index in [2.05, 4.69) is 59.1 Å². The summed E-state index contributed by atoms with van der Waals surface area (Å²) in [6.07, 6.45) is 2.25. The Labute approximate surface area is 128 Å². The summed E-state index contributed by atoms with van der Waals surface area (Å²) < 4.78 is 3.12. The van der Waals surface area contributed by atoms with Gasteiger partial charge >= 0.3 is 0 Å². The number of rotatable bonds is 4. The highest BCUT2D eigenvalue weighted by Crippen LogP contribution is 2.32. The molecule has 3 rings (SSSR count). The highest BCUT2D eigenvalue weighted by atomic mass is 32.1. The number of benzene rings is 1. The summed E-state index contributed by atoms with van der Waals surface area (Å²) in [7, 11) is 0. The molecule has 2 aromatic heterocycles. The second kappa shape index (κ2) is 5.54. The van der Waals surface area contributed by atoms with E-state index in [-0.39, 0.29) is 0 Å². The van der Waals surface area contributed by atoms with Crippen molar-refractivity contribution in [3.05, 3.63) is 50.9 Å². The molecule has 0 aliphatic heterocycles. The van der Waals surface area contributed by atoms with Crippen molar-refractivity contribution in [1.82, 2.24) is 9.55 Å². The maximum Gasteiger partial charge on any atom is 0.178 e. The number of para-hydroxylation sites is 1. The zero-order valence-electron chi connectivity index (χ0n) is 11.7. The van der Waals surface area contributed by atoms with Crippen LogP contribution in [0.4, 0.5) is 0 Å². The van der Waals surface area contributed by atoms with Crippen molar-refractivity contribution in [1.29, 1.82) is 0 Å². The summed E-state index contributed by atoms with van der Waals surface area (Å²) >= 11 is 7.40. The molecule has 0 fully saturated rings. The van der Waals surface area contributed by atoms with Gasteiger partial charge in [-0.15, -0.1) is 11.3 Å². The quantitative estimate of drug-likeness (QED) is 0.635. The van der Waals surface area contributed by atoms with Crippen LogP contribution in [0.3, 0.4) is 0 Å². The molecular weight excluding hydrogens is 284 g/mol. The summed E-state index contributed by atoms with van der Waals surface area (Å²) in [5.41, 5.74) is 3.64. The van der Waals surface area contributed by atoms with Gasteiger partial charge in [-0.1, -0.05) is 31.5 Å². The first-order valence-corrected chi connectivity index (χ1v) is 8.24. The van der Waals surface area contributed by atoms with Crippen LogP contribution in [0.5, 0.6) is 0 Å². The van der Waals surface area contributed by atoms with Gasteiger partial charge in [0, 0.05) is 4.88 Å². The van der Waals surface area contributed by atoms with Crippen molar-refractivity contribution in [3.8, 4) is 0 Å². The molecule has 1 unspecified atom stereocenters. The van der Waals surface area contributed by atoms with Gasteiger partial charge in [0.1, 0.15) is 0 Å². The number of aromatic nitrogens is 2. The third-order valence-corrected chi connectivity index (χ3v) is 4.96. The minimum absolute atomic E-state index is 0.336. The smallest absolute Gasteiger partial charge is 0.178 e. The molecule has 20 heavy (non-hydrogen) atoms. The third-order valence-electron chi connectivity index (χ3n) is 3.68. The predicted molar refractivity (Wildman–Crippen MR) is 89.2 cm³/mol. The summed E-state index contributed by atoms with van der Waals surface area (Å²) in [4.78, 5) is 4.73. The van der Waals surface area contributed by atoms with Crippen LogP contribution in [0.2, 0.25) is 0 Å². The maximum absolute atomic E-state index is 5.59. The van der Waals surface area contributed by atoms with Crippen molar-refractivity contribution in [2.45, 2.75) is 32.7 Å². The molecule has 1 atom stereocenters. The zero-order valence-corrected chi connectivity index (χ0v) is 13.4. The lowest BCUT2D eigenvalue weighted by Crippen LogP contribution is -2.09. The van der Waals surface area contributed by atoms with Crippen molar-refractivity contribution in [3.63, 3.8) is 0 Å². The van der Waals surface area contributed by atoms with Crippen molar-refractivity contribution in [2.75, 3.05) is 0 Å². The van der Waals surface area contributed by atoms with Gasteiger partial charge in [-0.05, 0) is 48.6 Å². The van der Waals surface area contributed by atoms with Crippen molar-refractivity contribution >= 4 is 34.6 Å². The minimum atomic E-state index is 0.336. The first-order valence-electron chi connectivity index (χ1n) is 6.95. The molecule has 0 spiro atoms. The Balaban J connectivity index is 2.26. The SMILES string of the molecule is CCCC(c1cccs1)n1c(=S)[nH]c2cccc(C)c21. The topological polar surface area (TPSA) is 20.7 Å². The van der Waals surface area contributed by atoms with E-state index in [1.165, 1.54) is 16.0 Å². The molecule has 3 aromatic rings. The number of hydrogen-bond acceptors (Lipinski definition) is 2. The summed E-state index contributed by atoms with van der Waals surface area (Å²) in [5, 5.41) is 2.14. The molecule has 1 N–H and O–H groups in total. The van der Waals surface area contributed by atoms with Gasteiger partial charge in [0.05, 0.1) is 17.1 Å². The van der Waals surface area contributed by atoms with Crippen LogP contribution in [-0.2, 0) is 0 Å². The van der Waals surface area contributed by atoms with Crippen LogP contribution < -0.4 is 0 Å². The van der Waals surface area contributed by atoms with E-state index in [4.69, 9.17) is 12.2 Å². The van der Waals surface area contributed by atoms with Crippen LogP contribution in [-0.4, -0.2) is 9.55 Å². The van der Waals surface area contributed by atoms with Gasteiger partial charge in [0.2, 0.25) is 0 Å². The van der Waals surface area contributed by atoms with E-state index in [0.717, 1.165) is 23.1 Å². The highest BCUT2D eigenvalue weighted by Gasteiger charge is 2.18. The predicted octanol–water partition coefficient (Wildman–Crippen LogP) is 5.46. The van der Waals surface area contributed by atoms with Crippen molar-refractivity contribution < 1.29 is 0 Å². The van der Waals surface area contributed by atoms with E-state index >= 15 is 0 Å². The largest absolute Gasteiger partial charge is 0.331 e. The van der Waals surface area contributed by atoms with Gasteiger partial charge in [0.25, 0.3) is 0 Å². The molecule has 0 saturated heterocycles. The number of thiophene rings is 1. The lowest BCUT2D eigenvalue weighted by Gasteiger charge is -2.18. The van der Waals surface area contributed by atoms with E-state index in [1.54, 1.807) is 0 Å². The van der Waals surface area contributed by atoms with Crippen LogP contribution in [0.15, 0.2) is 35.7 Å². The average Bonchev–Trinajstić information content (AvgIpc) is 3.04. The summed E-state index contributed by atoms with van der Waals surface area (Å²) in [6.45, 7) is 4.38. The molecule has 0 bridgehead atoms. The first-order chi connectivity index (χ1) is 9.72. The number of nitrogens with one attached hydrogen (secondary N) is 1. The Morgan fingerprint density at radius 3 is 2.85 bits per heavy atom. The minimum Gasteiger partial charge on any atom is -0.331 e. The Kier molecular flexibility index (Phi) is 3.76. The fourth-order valence-corrected chi connectivity index (χ4v) is 3.99. The number of hydrogen-bond donors (Lipinski definition) is 1. The van der Waals surface area contributed by atoms with Gasteiger partial charge in [-0.25, -0.2) is 0 Å². The van der Waals surface area contributed by atoms with E-state index in [1.807, 2.05) is 11.3 Å². The Hall–Kier alpha value is -1.39. The molecule has 1 aromatic carbocycles. The highest BCUT2D eigenvalue weighted by molar-refractivity contribution is 7.71. The van der Waals surface area contributed by atoms with Gasteiger partial charge in [-0.3, -0.25) is 0 Å². The van der Waals surface area contributed by atoms with E-state index in [9.17, 15) is 0 Å². The Bertz CT molecular complexity index is 765. The van der Waals surface area contributed by atoms with Crippen LogP contribution in [0.25, 0.3) is 11.0 Å². The number of H-pyrrole nitrogens is 1. The number of fused-ring (bicyclic) bond motifs is 1. The molecular formula is C16H18N2S2. The van der Waals surface area contributed by atoms with Crippen LogP contribution >= 0.6 is 23.6 Å². The maximum atomic E-state index is 5.59. The molecule has 4 heteroatoms. The zero-order chi connectivity index (χ0) is 14.1. The number of nitrogens with zero attached hydrogens (tertiary/aromatic N) is 1. The standard InChI is InChI=1S/C16H18N2S2/c1-3-6-13(14-9-5-10-20-14)18-15-11(2)7-4-8-12(15)17-16(18)19/h4-5,7-10,13H,3,6H2,1-2H3,(H,17,19). The molecule has 2 heterocycles. The van der Waals surface area contributed by atoms with Gasteiger partial charge in [-0.2, -0.15) is 0 Å². The Morgan fingerprint density at radius 1 is 1.30 bits per heavy atom. The molecule has 2 nitrogen and oxygen atoms in total. The molecule has 0 saturated carbocycles. The van der Waals surface area contributed by atoms with Crippen LogP contribution in [0.1, 0.15) is 36.2 Å². The fraction of sp³-hybridized carbons (Fsp3) is 0.312. The Morgan fingerprint density at radius 2 is 2.15 bits per heavy atom. The van der Waals surface area contributed by atoms with E-state index < -0.39 is 0 Å². The molecule has 104 valence electrons. The first kappa shape index (κ1) is 13.6. The van der Waals surface area contributed by atoms with Crippen LogP contribution in [0, 0.1) is 11.7 Å². The number of aryl methyl sites for hydroxylation is 1. The van der Waals surface area contributed by atoms with E-state index in [0.29, 0.717) is 6.04 Å². The lowest BCUT2D eigenvalue weighted by atomic mass is 10.1. The number of aromatic amines is 1. The molecule has 0 radical (unpaired) electrons. The second-order valence-corrected chi connectivity index (χ2v) is 6.46.